The summed E-state index contributed by atoms with van der Waals surface area (Å²) in [5.41, 5.74) is 3.36. The standard InChI is InChI=1S/C14H25NS/c1-11(2)7-5-6-8-14-13(9-12(3)4)15-10-16-14/h10-12H,5-9H2,1-4H3. The molecule has 1 aromatic heterocycles. The summed E-state index contributed by atoms with van der Waals surface area (Å²) in [5, 5.41) is 0. The molecule has 1 heterocycles. The van der Waals surface area contributed by atoms with Gasteiger partial charge in [0, 0.05) is 4.88 Å². The van der Waals surface area contributed by atoms with Crippen LogP contribution >= 0.6 is 11.3 Å². The van der Waals surface area contributed by atoms with Gasteiger partial charge in [-0.2, -0.15) is 0 Å². The lowest BCUT2D eigenvalue weighted by molar-refractivity contribution is 0.537. The Balaban J connectivity index is 2.33. The summed E-state index contributed by atoms with van der Waals surface area (Å²) in [7, 11) is 0. The van der Waals surface area contributed by atoms with Crippen LogP contribution in [-0.2, 0) is 12.8 Å². The number of hydrogen-bond donors (Lipinski definition) is 0. The average molecular weight is 239 g/mol. The zero-order valence-corrected chi connectivity index (χ0v) is 11.9. The predicted octanol–water partition coefficient (Wildman–Crippen LogP) is 4.71. The normalized spacial score (nSPS) is 11.6. The van der Waals surface area contributed by atoms with Gasteiger partial charge in [-0.15, -0.1) is 11.3 Å². The van der Waals surface area contributed by atoms with Gasteiger partial charge in [-0.05, 0) is 31.1 Å². The van der Waals surface area contributed by atoms with E-state index in [0.717, 1.165) is 18.3 Å². The SMILES string of the molecule is CC(C)CCCCc1scnc1CC(C)C. The van der Waals surface area contributed by atoms with Gasteiger partial charge in [0.05, 0.1) is 11.2 Å². The van der Waals surface area contributed by atoms with Gasteiger partial charge in [-0.1, -0.05) is 40.5 Å². The van der Waals surface area contributed by atoms with Crippen LogP contribution in [0.1, 0.15) is 57.5 Å². The highest BCUT2D eigenvalue weighted by molar-refractivity contribution is 7.09. The van der Waals surface area contributed by atoms with Gasteiger partial charge in [-0.3, -0.25) is 0 Å². The fraction of sp³-hybridized carbons (Fsp3) is 0.786. The van der Waals surface area contributed by atoms with Gasteiger partial charge in [-0.25, -0.2) is 4.98 Å². The van der Waals surface area contributed by atoms with E-state index in [2.05, 4.69) is 32.7 Å². The summed E-state index contributed by atoms with van der Waals surface area (Å²) in [6.07, 6.45) is 6.42. The molecule has 0 saturated heterocycles. The van der Waals surface area contributed by atoms with E-state index in [1.165, 1.54) is 36.3 Å². The number of aryl methyl sites for hydroxylation is 1. The highest BCUT2D eigenvalue weighted by Gasteiger charge is 2.07. The summed E-state index contributed by atoms with van der Waals surface area (Å²) in [4.78, 5) is 6.01. The Bertz CT molecular complexity index is 289. The second-order valence-corrected chi connectivity index (χ2v) is 6.40. The van der Waals surface area contributed by atoms with E-state index in [4.69, 9.17) is 0 Å². The van der Waals surface area contributed by atoms with Crippen molar-refractivity contribution >= 4 is 11.3 Å². The summed E-state index contributed by atoms with van der Waals surface area (Å²) >= 11 is 1.84. The summed E-state index contributed by atoms with van der Waals surface area (Å²) < 4.78 is 0. The van der Waals surface area contributed by atoms with Gasteiger partial charge in [0.1, 0.15) is 0 Å². The minimum Gasteiger partial charge on any atom is -0.249 e. The quantitative estimate of drug-likeness (QED) is 0.628. The number of aromatic nitrogens is 1. The van der Waals surface area contributed by atoms with Crippen molar-refractivity contribution in [2.75, 3.05) is 0 Å². The molecule has 0 saturated carbocycles. The van der Waals surface area contributed by atoms with Crippen LogP contribution in [0.5, 0.6) is 0 Å². The Labute approximate surface area is 104 Å². The lowest BCUT2D eigenvalue weighted by Crippen LogP contribution is -1.98. The third kappa shape index (κ3) is 5.11. The fourth-order valence-electron chi connectivity index (χ4n) is 1.89. The van der Waals surface area contributed by atoms with Crippen molar-refractivity contribution in [1.29, 1.82) is 0 Å². The van der Waals surface area contributed by atoms with E-state index in [1.807, 2.05) is 16.8 Å². The lowest BCUT2D eigenvalue weighted by Gasteiger charge is -2.06. The summed E-state index contributed by atoms with van der Waals surface area (Å²) in [6.45, 7) is 9.14. The molecular weight excluding hydrogens is 214 g/mol. The predicted molar refractivity (Wildman–Crippen MR) is 73.0 cm³/mol. The molecule has 0 radical (unpaired) electrons. The van der Waals surface area contributed by atoms with Crippen molar-refractivity contribution in [3.63, 3.8) is 0 Å². The first-order chi connectivity index (χ1) is 7.59. The molecule has 0 unspecified atom stereocenters. The van der Waals surface area contributed by atoms with E-state index in [9.17, 15) is 0 Å². The van der Waals surface area contributed by atoms with Crippen molar-refractivity contribution < 1.29 is 0 Å². The Hall–Kier alpha value is -0.370. The van der Waals surface area contributed by atoms with Crippen molar-refractivity contribution in [1.82, 2.24) is 4.98 Å². The minimum absolute atomic E-state index is 0.719. The molecule has 2 heteroatoms. The van der Waals surface area contributed by atoms with Crippen LogP contribution in [0, 0.1) is 11.8 Å². The maximum absolute atomic E-state index is 4.49. The number of rotatable bonds is 7. The zero-order valence-electron chi connectivity index (χ0n) is 11.1. The highest BCUT2D eigenvalue weighted by Crippen LogP contribution is 2.20. The maximum Gasteiger partial charge on any atom is 0.0797 e. The third-order valence-electron chi connectivity index (χ3n) is 2.76. The van der Waals surface area contributed by atoms with E-state index >= 15 is 0 Å². The second-order valence-electron chi connectivity index (χ2n) is 5.46. The molecule has 0 fully saturated rings. The van der Waals surface area contributed by atoms with E-state index < -0.39 is 0 Å². The molecule has 0 spiro atoms. The molecule has 0 aliphatic rings. The molecule has 1 nitrogen and oxygen atoms in total. The molecule has 0 atom stereocenters. The first kappa shape index (κ1) is 13.7. The van der Waals surface area contributed by atoms with E-state index in [1.54, 1.807) is 0 Å². The van der Waals surface area contributed by atoms with Crippen LogP contribution in [0.4, 0.5) is 0 Å². The largest absolute Gasteiger partial charge is 0.249 e. The van der Waals surface area contributed by atoms with Gasteiger partial charge in [0.15, 0.2) is 0 Å². The zero-order chi connectivity index (χ0) is 12.0. The van der Waals surface area contributed by atoms with Gasteiger partial charge in [0.25, 0.3) is 0 Å². The van der Waals surface area contributed by atoms with Crippen LogP contribution in [0.15, 0.2) is 5.51 Å². The molecule has 0 N–H and O–H groups in total. The van der Waals surface area contributed by atoms with Crippen molar-refractivity contribution in [3.8, 4) is 0 Å². The topological polar surface area (TPSA) is 12.9 Å². The van der Waals surface area contributed by atoms with E-state index in [-0.39, 0.29) is 0 Å². The Morgan fingerprint density at radius 3 is 2.50 bits per heavy atom. The third-order valence-corrected chi connectivity index (χ3v) is 3.70. The lowest BCUT2D eigenvalue weighted by atomic mass is 10.0. The summed E-state index contributed by atoms with van der Waals surface area (Å²) in [6, 6.07) is 0. The highest BCUT2D eigenvalue weighted by atomic mass is 32.1. The minimum atomic E-state index is 0.719. The van der Waals surface area contributed by atoms with Crippen molar-refractivity contribution in [2.24, 2.45) is 11.8 Å². The molecule has 0 aliphatic heterocycles. The second kappa shape index (κ2) is 7.05. The van der Waals surface area contributed by atoms with Gasteiger partial charge in [0.2, 0.25) is 0 Å². The molecule has 1 rings (SSSR count). The molecule has 0 amide bonds. The molecule has 92 valence electrons. The van der Waals surface area contributed by atoms with Crippen LogP contribution in [0.2, 0.25) is 0 Å². The molecule has 1 aromatic rings. The Morgan fingerprint density at radius 2 is 1.88 bits per heavy atom. The fourth-order valence-corrected chi connectivity index (χ4v) is 2.73. The summed E-state index contributed by atoms with van der Waals surface area (Å²) in [5.74, 6) is 1.56. The van der Waals surface area contributed by atoms with Crippen LogP contribution in [0.3, 0.4) is 0 Å². The first-order valence-corrected chi connectivity index (χ1v) is 7.38. The molecule has 16 heavy (non-hydrogen) atoms. The number of nitrogens with zero attached hydrogens (tertiary/aromatic N) is 1. The first-order valence-electron chi connectivity index (χ1n) is 6.50. The maximum atomic E-state index is 4.49. The molecule has 0 bridgehead atoms. The average Bonchev–Trinajstić information content (AvgIpc) is 2.59. The monoisotopic (exact) mass is 239 g/mol. The number of thiazole rings is 1. The molecule has 0 aromatic carbocycles. The van der Waals surface area contributed by atoms with Gasteiger partial charge >= 0.3 is 0 Å². The van der Waals surface area contributed by atoms with Gasteiger partial charge < -0.3 is 0 Å². The van der Waals surface area contributed by atoms with Crippen molar-refractivity contribution in [3.05, 3.63) is 16.1 Å². The Kier molecular flexibility index (Phi) is 6.04. The van der Waals surface area contributed by atoms with Crippen LogP contribution in [0.25, 0.3) is 0 Å². The van der Waals surface area contributed by atoms with Crippen LogP contribution < -0.4 is 0 Å². The molecular formula is C14H25NS. The number of hydrogen-bond acceptors (Lipinski definition) is 2. The Morgan fingerprint density at radius 1 is 1.12 bits per heavy atom. The van der Waals surface area contributed by atoms with Crippen molar-refractivity contribution in [2.45, 2.75) is 59.8 Å². The smallest absolute Gasteiger partial charge is 0.0797 e. The van der Waals surface area contributed by atoms with Crippen LogP contribution in [-0.4, -0.2) is 4.98 Å². The number of unbranched alkanes of at least 4 members (excludes halogenated alkanes) is 1. The van der Waals surface area contributed by atoms with E-state index in [0.29, 0.717) is 0 Å². The molecule has 0 aliphatic carbocycles.